The Morgan fingerprint density at radius 1 is 1.20 bits per heavy atom. The van der Waals surface area contributed by atoms with Gasteiger partial charge in [0.2, 0.25) is 5.91 Å². The van der Waals surface area contributed by atoms with Gasteiger partial charge in [0.05, 0.1) is 5.75 Å². The summed E-state index contributed by atoms with van der Waals surface area (Å²) in [7, 11) is 0. The van der Waals surface area contributed by atoms with Crippen LogP contribution in [0.25, 0.3) is 10.3 Å². The molecule has 1 amide bonds. The summed E-state index contributed by atoms with van der Waals surface area (Å²) in [4.78, 5) is 37.0. The number of rotatable bonds is 6. The van der Waals surface area contributed by atoms with E-state index in [0.717, 1.165) is 47.9 Å². The van der Waals surface area contributed by atoms with Gasteiger partial charge in [-0.1, -0.05) is 41.3 Å². The Kier molecular flexibility index (Phi) is 6.10. The number of benzene rings is 1. The van der Waals surface area contributed by atoms with Crippen molar-refractivity contribution in [3.63, 3.8) is 0 Å². The third kappa shape index (κ3) is 4.09. The number of carbonyl (C=O) groups is 1. The van der Waals surface area contributed by atoms with Crippen LogP contribution in [0.3, 0.4) is 0 Å². The maximum atomic E-state index is 13.0. The second-order valence-electron chi connectivity index (χ2n) is 7.39. The van der Waals surface area contributed by atoms with Crippen molar-refractivity contribution in [1.29, 1.82) is 0 Å². The molecule has 9 heteroatoms. The van der Waals surface area contributed by atoms with Gasteiger partial charge < -0.3 is 10.2 Å². The van der Waals surface area contributed by atoms with E-state index in [2.05, 4.69) is 20.2 Å². The number of fused-ring (bicyclic) bond motifs is 1. The van der Waals surface area contributed by atoms with Crippen LogP contribution in [0.15, 0.2) is 28.2 Å². The molecule has 1 saturated heterocycles. The molecule has 0 bridgehead atoms. The van der Waals surface area contributed by atoms with Gasteiger partial charge in [-0.2, -0.15) is 4.98 Å². The van der Waals surface area contributed by atoms with Crippen molar-refractivity contribution >= 4 is 50.2 Å². The normalized spacial score (nSPS) is 13.9. The zero-order valence-corrected chi connectivity index (χ0v) is 19.0. The van der Waals surface area contributed by atoms with Crippen LogP contribution in [0, 0.1) is 13.8 Å². The Labute approximate surface area is 183 Å². The Hall–Kier alpha value is -2.39. The number of thioether (sulfide) groups is 1. The fraction of sp³-hybridized carbons (Fsp3) is 0.429. The topological polar surface area (TPSA) is 80.1 Å². The Morgan fingerprint density at radius 2 is 1.90 bits per heavy atom. The molecule has 1 aliphatic rings. The van der Waals surface area contributed by atoms with Gasteiger partial charge in [0.25, 0.3) is 5.56 Å². The summed E-state index contributed by atoms with van der Waals surface area (Å²) in [5, 5.41) is 4.38. The number of amides is 1. The number of para-hydroxylation sites is 1. The van der Waals surface area contributed by atoms with E-state index in [1.54, 1.807) is 4.57 Å². The lowest BCUT2D eigenvalue weighted by Gasteiger charge is -2.12. The van der Waals surface area contributed by atoms with Crippen LogP contribution in [0.2, 0.25) is 0 Å². The molecule has 158 valence electrons. The predicted octanol–water partition coefficient (Wildman–Crippen LogP) is 3.82. The van der Waals surface area contributed by atoms with Gasteiger partial charge in [0.15, 0.2) is 15.9 Å². The number of nitrogens with one attached hydrogen (secondary N) is 1. The van der Waals surface area contributed by atoms with Crippen molar-refractivity contribution in [3.8, 4) is 0 Å². The van der Waals surface area contributed by atoms with Crippen LogP contribution >= 0.6 is 23.1 Å². The number of nitrogens with zero attached hydrogens (tertiary/aromatic N) is 4. The van der Waals surface area contributed by atoms with Crippen molar-refractivity contribution in [1.82, 2.24) is 14.5 Å². The molecule has 0 radical (unpaired) electrons. The first-order valence-corrected chi connectivity index (χ1v) is 11.9. The molecule has 1 aromatic carbocycles. The number of hydrogen-bond acceptors (Lipinski definition) is 7. The molecule has 30 heavy (non-hydrogen) atoms. The lowest BCUT2D eigenvalue weighted by Crippen LogP contribution is -2.23. The van der Waals surface area contributed by atoms with Crippen LogP contribution < -0.4 is 15.8 Å². The van der Waals surface area contributed by atoms with Crippen molar-refractivity contribution in [3.05, 3.63) is 39.7 Å². The van der Waals surface area contributed by atoms with Crippen molar-refractivity contribution in [2.24, 2.45) is 0 Å². The number of aromatic nitrogens is 3. The Balaban J connectivity index is 1.55. The van der Waals surface area contributed by atoms with Gasteiger partial charge >= 0.3 is 0 Å². The number of aryl methyl sites for hydroxylation is 2. The predicted molar refractivity (Wildman–Crippen MR) is 124 cm³/mol. The number of anilines is 2. The van der Waals surface area contributed by atoms with Gasteiger partial charge in [-0.3, -0.25) is 14.2 Å². The minimum absolute atomic E-state index is 0.0805. The fourth-order valence-corrected chi connectivity index (χ4v) is 5.48. The standard InChI is InChI=1S/C21H25N5O2S2/c1-4-26-19(28)17-18(23-20(30-17)25-10-5-6-11-25)24-21(26)29-12-15(27)22-16-13(2)8-7-9-14(16)3/h7-9H,4-6,10-12H2,1-3H3,(H,22,27). The Morgan fingerprint density at radius 3 is 2.57 bits per heavy atom. The third-order valence-corrected chi connectivity index (χ3v) is 7.31. The third-order valence-electron chi connectivity index (χ3n) is 5.24. The average molecular weight is 444 g/mol. The molecule has 3 aromatic rings. The summed E-state index contributed by atoms with van der Waals surface area (Å²) < 4.78 is 2.22. The first kappa shape index (κ1) is 20.9. The minimum atomic E-state index is -0.120. The fourth-order valence-electron chi connectivity index (χ4n) is 3.63. The monoisotopic (exact) mass is 443 g/mol. The SMILES string of the molecule is CCn1c(SCC(=O)Nc2c(C)cccc2C)nc2nc(N3CCCC3)sc2c1=O. The summed E-state index contributed by atoms with van der Waals surface area (Å²) in [6, 6.07) is 5.92. The summed E-state index contributed by atoms with van der Waals surface area (Å²) in [6.45, 7) is 8.31. The maximum Gasteiger partial charge on any atom is 0.273 e. The van der Waals surface area contributed by atoms with Crippen LogP contribution in [-0.2, 0) is 11.3 Å². The van der Waals surface area contributed by atoms with Gasteiger partial charge in [-0.15, -0.1) is 0 Å². The van der Waals surface area contributed by atoms with E-state index < -0.39 is 0 Å². The van der Waals surface area contributed by atoms with Crippen LogP contribution in [0.1, 0.15) is 30.9 Å². The number of carbonyl (C=O) groups excluding carboxylic acids is 1. The van der Waals surface area contributed by atoms with Gasteiger partial charge in [0.1, 0.15) is 4.70 Å². The molecule has 0 spiro atoms. The second-order valence-corrected chi connectivity index (χ2v) is 9.31. The molecule has 1 aliphatic heterocycles. The highest BCUT2D eigenvalue weighted by atomic mass is 32.2. The molecule has 7 nitrogen and oxygen atoms in total. The zero-order chi connectivity index (χ0) is 21.3. The summed E-state index contributed by atoms with van der Waals surface area (Å²) in [6.07, 6.45) is 2.30. The number of thiazole rings is 1. The molecule has 0 aliphatic carbocycles. The maximum absolute atomic E-state index is 13.0. The summed E-state index contributed by atoms with van der Waals surface area (Å²) in [5.74, 6) is 0.0555. The molecular formula is C21H25N5O2S2. The molecule has 2 aromatic heterocycles. The van der Waals surface area contributed by atoms with E-state index in [0.29, 0.717) is 22.0 Å². The average Bonchev–Trinajstić information content (AvgIpc) is 3.39. The van der Waals surface area contributed by atoms with Gasteiger partial charge in [0, 0.05) is 25.3 Å². The van der Waals surface area contributed by atoms with E-state index in [4.69, 9.17) is 0 Å². The lowest BCUT2D eigenvalue weighted by atomic mass is 10.1. The molecular weight excluding hydrogens is 418 g/mol. The lowest BCUT2D eigenvalue weighted by molar-refractivity contribution is -0.113. The Bertz CT molecular complexity index is 1130. The van der Waals surface area contributed by atoms with Crippen molar-refractivity contribution in [2.45, 2.75) is 45.3 Å². The summed E-state index contributed by atoms with van der Waals surface area (Å²) in [5.41, 5.74) is 3.29. The summed E-state index contributed by atoms with van der Waals surface area (Å²) >= 11 is 2.69. The van der Waals surface area contributed by atoms with E-state index in [1.807, 2.05) is 39.0 Å². The molecule has 1 N–H and O–H groups in total. The van der Waals surface area contributed by atoms with E-state index in [9.17, 15) is 9.59 Å². The van der Waals surface area contributed by atoms with E-state index >= 15 is 0 Å². The first-order valence-electron chi connectivity index (χ1n) is 10.1. The number of hydrogen-bond donors (Lipinski definition) is 1. The van der Waals surface area contributed by atoms with Gasteiger partial charge in [-0.25, -0.2) is 4.98 Å². The molecule has 0 atom stereocenters. The molecule has 3 heterocycles. The quantitative estimate of drug-likeness (QED) is 0.461. The molecule has 0 saturated carbocycles. The molecule has 1 fully saturated rings. The highest BCUT2D eigenvalue weighted by Crippen LogP contribution is 2.29. The van der Waals surface area contributed by atoms with Crippen molar-refractivity contribution < 1.29 is 4.79 Å². The van der Waals surface area contributed by atoms with E-state index in [-0.39, 0.29) is 17.2 Å². The van der Waals surface area contributed by atoms with Crippen LogP contribution in [-0.4, -0.2) is 39.3 Å². The first-order chi connectivity index (χ1) is 14.5. The second kappa shape index (κ2) is 8.77. The largest absolute Gasteiger partial charge is 0.348 e. The zero-order valence-electron chi connectivity index (χ0n) is 17.4. The highest BCUT2D eigenvalue weighted by Gasteiger charge is 2.21. The van der Waals surface area contributed by atoms with Crippen LogP contribution in [0.4, 0.5) is 10.8 Å². The molecule has 4 rings (SSSR count). The van der Waals surface area contributed by atoms with E-state index in [1.165, 1.54) is 23.1 Å². The minimum Gasteiger partial charge on any atom is -0.348 e. The highest BCUT2D eigenvalue weighted by molar-refractivity contribution is 7.99. The smallest absolute Gasteiger partial charge is 0.273 e. The van der Waals surface area contributed by atoms with Crippen molar-refractivity contribution in [2.75, 3.05) is 29.1 Å². The van der Waals surface area contributed by atoms with Gasteiger partial charge in [-0.05, 0) is 44.7 Å². The van der Waals surface area contributed by atoms with Crippen LogP contribution in [0.5, 0.6) is 0 Å². The molecule has 0 unspecified atom stereocenters.